The number of rotatable bonds is 8. The van der Waals surface area contributed by atoms with Crippen molar-refractivity contribution in [2.75, 3.05) is 19.8 Å². The summed E-state index contributed by atoms with van der Waals surface area (Å²) in [6.07, 6.45) is 1.25. The molecule has 0 bridgehead atoms. The topological polar surface area (TPSA) is 55.8 Å². The van der Waals surface area contributed by atoms with Crippen LogP contribution in [-0.2, 0) is 16.0 Å². The number of carboxylic acid groups (broad SMARTS) is 1. The van der Waals surface area contributed by atoms with E-state index >= 15 is 0 Å². The fourth-order valence-corrected chi connectivity index (χ4v) is 3.44. The fourth-order valence-electron chi connectivity index (χ4n) is 3.17. The summed E-state index contributed by atoms with van der Waals surface area (Å²) in [6, 6.07) is 15.5. The molecule has 2 aromatic carbocycles. The number of hydrogen-bond donors (Lipinski definition) is 1. The van der Waals surface area contributed by atoms with E-state index in [4.69, 9.17) is 26.2 Å². The highest BCUT2D eigenvalue weighted by molar-refractivity contribution is 6.31. The Morgan fingerprint density at radius 2 is 2.00 bits per heavy atom. The summed E-state index contributed by atoms with van der Waals surface area (Å²) in [4.78, 5) is 10.7. The fraction of sp³-hybridized carbons (Fsp3) is 0.261. The van der Waals surface area contributed by atoms with Gasteiger partial charge < -0.3 is 14.6 Å². The van der Waals surface area contributed by atoms with Crippen LogP contribution in [0.25, 0.3) is 5.57 Å². The van der Waals surface area contributed by atoms with E-state index in [2.05, 4.69) is 18.7 Å². The molecular formula is C23H23ClO4. The van der Waals surface area contributed by atoms with E-state index in [0.29, 0.717) is 37.0 Å². The lowest BCUT2D eigenvalue weighted by Gasteiger charge is -2.23. The minimum Gasteiger partial charge on any atom is -0.489 e. The van der Waals surface area contributed by atoms with Gasteiger partial charge in [0.1, 0.15) is 12.4 Å². The summed E-state index contributed by atoms with van der Waals surface area (Å²) in [5, 5.41) is 9.32. The highest BCUT2D eigenvalue weighted by atomic mass is 35.5. The second-order valence-electron chi connectivity index (χ2n) is 6.66. The zero-order valence-electron chi connectivity index (χ0n) is 15.6. The first kappa shape index (κ1) is 20.2. The van der Waals surface area contributed by atoms with E-state index < -0.39 is 5.97 Å². The van der Waals surface area contributed by atoms with Gasteiger partial charge in [0.25, 0.3) is 0 Å². The number of ether oxygens (including phenoxy) is 2. The van der Waals surface area contributed by atoms with Gasteiger partial charge >= 0.3 is 5.97 Å². The Labute approximate surface area is 170 Å². The normalized spacial score (nSPS) is 14.0. The molecule has 1 heterocycles. The maximum Gasteiger partial charge on any atom is 0.303 e. The highest BCUT2D eigenvalue weighted by Crippen LogP contribution is 2.30. The predicted molar refractivity (Wildman–Crippen MR) is 111 cm³/mol. The zero-order valence-corrected chi connectivity index (χ0v) is 16.4. The molecule has 2 aromatic rings. The van der Waals surface area contributed by atoms with Crippen LogP contribution in [-0.4, -0.2) is 30.9 Å². The molecule has 28 heavy (non-hydrogen) atoms. The summed E-state index contributed by atoms with van der Waals surface area (Å²) in [6.45, 7) is 5.87. The highest BCUT2D eigenvalue weighted by Gasteiger charge is 2.17. The summed E-state index contributed by atoms with van der Waals surface area (Å²) in [5.41, 5.74) is 5.16. The average Bonchev–Trinajstić information content (AvgIpc) is 2.72. The lowest BCUT2D eigenvalue weighted by atomic mass is 9.92. The second kappa shape index (κ2) is 9.58. The van der Waals surface area contributed by atoms with Gasteiger partial charge in [0, 0.05) is 11.4 Å². The molecule has 0 radical (unpaired) electrons. The molecule has 0 aromatic heterocycles. The van der Waals surface area contributed by atoms with Crippen LogP contribution in [0.5, 0.6) is 5.75 Å². The zero-order chi connectivity index (χ0) is 19.9. The third-order valence-electron chi connectivity index (χ3n) is 4.73. The van der Waals surface area contributed by atoms with Crippen molar-refractivity contribution in [2.45, 2.75) is 19.3 Å². The van der Waals surface area contributed by atoms with Crippen molar-refractivity contribution in [3.8, 4) is 5.75 Å². The molecule has 0 fully saturated rings. The maximum atomic E-state index is 10.7. The number of benzene rings is 2. The number of carboxylic acids is 1. The Bertz CT molecular complexity index is 887. The van der Waals surface area contributed by atoms with Gasteiger partial charge in [-0.3, -0.25) is 4.79 Å². The van der Waals surface area contributed by atoms with E-state index in [1.807, 2.05) is 30.3 Å². The Hall–Kier alpha value is -2.56. The summed E-state index contributed by atoms with van der Waals surface area (Å²) < 4.78 is 11.6. The van der Waals surface area contributed by atoms with Crippen LogP contribution in [0.4, 0.5) is 0 Å². The first-order chi connectivity index (χ1) is 13.5. The van der Waals surface area contributed by atoms with Gasteiger partial charge in [0.2, 0.25) is 0 Å². The molecule has 0 aliphatic carbocycles. The van der Waals surface area contributed by atoms with Crippen molar-refractivity contribution in [1.29, 1.82) is 0 Å². The van der Waals surface area contributed by atoms with Crippen molar-refractivity contribution in [3.05, 3.63) is 82.4 Å². The second-order valence-corrected chi connectivity index (χ2v) is 7.07. The van der Waals surface area contributed by atoms with E-state index in [0.717, 1.165) is 28.7 Å². The molecule has 0 atom stereocenters. The number of carbonyl (C=O) groups is 1. The van der Waals surface area contributed by atoms with Gasteiger partial charge in [-0.15, -0.1) is 0 Å². The summed E-state index contributed by atoms with van der Waals surface area (Å²) in [5.74, 6) is -0.196. The van der Waals surface area contributed by atoms with Crippen LogP contribution in [0, 0.1) is 0 Å². The summed E-state index contributed by atoms with van der Waals surface area (Å²) in [7, 11) is 0. The van der Waals surface area contributed by atoms with Gasteiger partial charge in [-0.2, -0.15) is 0 Å². The number of allylic oxidation sites excluding steroid dienone is 1. The van der Waals surface area contributed by atoms with Crippen molar-refractivity contribution in [1.82, 2.24) is 0 Å². The quantitative estimate of drug-likeness (QED) is 0.666. The molecule has 0 amide bonds. The molecule has 5 heteroatoms. The molecule has 0 unspecified atom stereocenters. The maximum absolute atomic E-state index is 10.7. The van der Waals surface area contributed by atoms with Crippen LogP contribution in [0.15, 0.2) is 66.3 Å². The molecule has 1 aliphatic heterocycles. The molecule has 1 aliphatic rings. The SMILES string of the molecule is C=C(C1=C(COc2ccc(CCC(=O)O)c(Cl)c2)COCC1)c1ccccc1. The van der Waals surface area contributed by atoms with Crippen molar-refractivity contribution >= 4 is 23.1 Å². The molecule has 0 saturated carbocycles. The van der Waals surface area contributed by atoms with Crippen LogP contribution < -0.4 is 4.74 Å². The number of hydrogen-bond acceptors (Lipinski definition) is 3. The first-order valence-electron chi connectivity index (χ1n) is 9.21. The van der Waals surface area contributed by atoms with E-state index in [1.54, 1.807) is 6.07 Å². The lowest BCUT2D eigenvalue weighted by Crippen LogP contribution is -2.17. The molecule has 4 nitrogen and oxygen atoms in total. The monoisotopic (exact) mass is 398 g/mol. The molecule has 146 valence electrons. The van der Waals surface area contributed by atoms with Gasteiger partial charge in [-0.25, -0.2) is 0 Å². The van der Waals surface area contributed by atoms with Crippen molar-refractivity contribution in [3.63, 3.8) is 0 Å². The summed E-state index contributed by atoms with van der Waals surface area (Å²) >= 11 is 6.27. The van der Waals surface area contributed by atoms with Crippen LogP contribution in [0.1, 0.15) is 24.0 Å². The lowest BCUT2D eigenvalue weighted by molar-refractivity contribution is -0.136. The van der Waals surface area contributed by atoms with Crippen LogP contribution in [0.2, 0.25) is 5.02 Å². The van der Waals surface area contributed by atoms with Gasteiger partial charge in [0.05, 0.1) is 13.2 Å². The standard InChI is InChI=1S/C23H23ClO4/c1-16(17-5-3-2-4-6-17)21-11-12-27-14-19(21)15-28-20-9-7-18(22(24)13-20)8-10-23(25)26/h2-7,9,13H,1,8,10-12,14-15H2,(H,25,26). The van der Waals surface area contributed by atoms with Gasteiger partial charge in [-0.05, 0) is 52.8 Å². The molecule has 0 spiro atoms. The Morgan fingerprint density at radius 1 is 1.21 bits per heavy atom. The Balaban J connectivity index is 1.71. The number of aryl methyl sites for hydroxylation is 1. The third-order valence-corrected chi connectivity index (χ3v) is 5.08. The van der Waals surface area contributed by atoms with Gasteiger partial charge in [0.15, 0.2) is 0 Å². The smallest absolute Gasteiger partial charge is 0.303 e. The Morgan fingerprint density at radius 3 is 2.71 bits per heavy atom. The molecule has 0 saturated heterocycles. The minimum absolute atomic E-state index is 0.0507. The predicted octanol–water partition coefficient (Wildman–Crippen LogP) is 5.17. The van der Waals surface area contributed by atoms with E-state index in [1.165, 1.54) is 5.57 Å². The number of aliphatic carboxylic acids is 1. The number of halogens is 1. The molecule has 1 N–H and O–H groups in total. The largest absolute Gasteiger partial charge is 0.489 e. The molecule has 3 rings (SSSR count). The minimum atomic E-state index is -0.841. The first-order valence-corrected chi connectivity index (χ1v) is 9.58. The third kappa shape index (κ3) is 5.24. The Kier molecular flexibility index (Phi) is 6.90. The molecular weight excluding hydrogens is 376 g/mol. The van der Waals surface area contributed by atoms with Crippen LogP contribution in [0.3, 0.4) is 0 Å². The van der Waals surface area contributed by atoms with E-state index in [9.17, 15) is 4.79 Å². The van der Waals surface area contributed by atoms with Crippen LogP contribution >= 0.6 is 11.6 Å². The van der Waals surface area contributed by atoms with E-state index in [-0.39, 0.29) is 6.42 Å². The average molecular weight is 399 g/mol. The van der Waals surface area contributed by atoms with Gasteiger partial charge in [-0.1, -0.05) is 54.6 Å². The van der Waals surface area contributed by atoms with Crippen molar-refractivity contribution in [2.24, 2.45) is 0 Å². The van der Waals surface area contributed by atoms with Crippen molar-refractivity contribution < 1.29 is 19.4 Å².